The van der Waals surface area contributed by atoms with Gasteiger partial charge in [-0.1, -0.05) is 23.1 Å². The van der Waals surface area contributed by atoms with Gasteiger partial charge in [0.2, 0.25) is 5.91 Å². The van der Waals surface area contributed by atoms with Crippen molar-refractivity contribution in [3.05, 3.63) is 35.1 Å². The maximum Gasteiger partial charge on any atom is 0.230 e. The van der Waals surface area contributed by atoms with Crippen molar-refractivity contribution < 1.29 is 13.9 Å². The Hall–Kier alpha value is -1.67. The minimum Gasteiger partial charge on any atom is -0.493 e. The van der Waals surface area contributed by atoms with Crippen LogP contribution >= 0.6 is 23.1 Å². The van der Waals surface area contributed by atoms with Crippen LogP contribution in [0.3, 0.4) is 0 Å². The summed E-state index contributed by atoms with van der Waals surface area (Å²) in [5.74, 6) is 0.465. The molecule has 0 saturated heterocycles. The number of carbonyl (C=O) groups is 1. The molecule has 1 aromatic carbocycles. The monoisotopic (exact) mass is 339 g/mol. The van der Waals surface area contributed by atoms with Gasteiger partial charge in [0.15, 0.2) is 4.34 Å². The van der Waals surface area contributed by atoms with Crippen molar-refractivity contribution in [2.45, 2.75) is 23.2 Å². The molecule has 1 N–H and O–H groups in total. The number of ether oxygens (including phenoxy) is 1. The molecule has 0 fully saturated rings. The summed E-state index contributed by atoms with van der Waals surface area (Å²) in [6.45, 7) is 0.574. The Morgan fingerprint density at radius 1 is 1.55 bits per heavy atom. The Kier molecular flexibility index (Phi) is 4.89. The van der Waals surface area contributed by atoms with Crippen molar-refractivity contribution >= 4 is 29.0 Å². The quantitative estimate of drug-likeness (QED) is 0.868. The van der Waals surface area contributed by atoms with E-state index in [9.17, 15) is 9.18 Å². The third-order valence-electron chi connectivity index (χ3n) is 3.24. The van der Waals surface area contributed by atoms with Gasteiger partial charge in [0.1, 0.15) is 17.1 Å². The largest absolute Gasteiger partial charge is 0.493 e. The molecule has 0 saturated carbocycles. The molecule has 0 aliphatic carbocycles. The van der Waals surface area contributed by atoms with Crippen molar-refractivity contribution in [3.8, 4) is 5.75 Å². The molecule has 3 rings (SSSR count). The SMILES string of the molecule is O=C(CSc1nncs1)N[C@@H]1CCCOc2ccc(F)cc21. The van der Waals surface area contributed by atoms with Crippen LogP contribution in [0.2, 0.25) is 0 Å². The molecule has 22 heavy (non-hydrogen) atoms. The van der Waals surface area contributed by atoms with Gasteiger partial charge in [0.05, 0.1) is 18.4 Å². The van der Waals surface area contributed by atoms with E-state index in [1.165, 1.54) is 35.2 Å². The fourth-order valence-corrected chi connectivity index (χ4v) is 3.59. The van der Waals surface area contributed by atoms with E-state index in [2.05, 4.69) is 15.5 Å². The van der Waals surface area contributed by atoms with Crippen LogP contribution in [0.1, 0.15) is 24.4 Å². The van der Waals surface area contributed by atoms with E-state index in [-0.39, 0.29) is 23.5 Å². The highest BCUT2D eigenvalue weighted by molar-refractivity contribution is 8.01. The maximum atomic E-state index is 13.5. The van der Waals surface area contributed by atoms with Gasteiger partial charge in [0.25, 0.3) is 0 Å². The molecule has 0 unspecified atom stereocenters. The number of amides is 1. The number of rotatable bonds is 4. The molecular formula is C14H14FN3O2S2. The number of nitrogens with one attached hydrogen (secondary N) is 1. The zero-order chi connectivity index (χ0) is 15.4. The second kappa shape index (κ2) is 7.06. The van der Waals surface area contributed by atoms with Gasteiger partial charge < -0.3 is 10.1 Å². The number of halogens is 1. The first kappa shape index (κ1) is 15.2. The fraction of sp³-hybridized carbons (Fsp3) is 0.357. The van der Waals surface area contributed by atoms with Crippen molar-refractivity contribution in [2.24, 2.45) is 0 Å². The Labute approximate surface area is 135 Å². The van der Waals surface area contributed by atoms with E-state index in [1.54, 1.807) is 11.6 Å². The number of benzene rings is 1. The third kappa shape index (κ3) is 3.75. The van der Waals surface area contributed by atoms with Crippen molar-refractivity contribution in [1.82, 2.24) is 15.5 Å². The van der Waals surface area contributed by atoms with Gasteiger partial charge in [-0.3, -0.25) is 4.79 Å². The molecule has 1 atom stereocenters. The number of hydrogen-bond acceptors (Lipinski definition) is 6. The van der Waals surface area contributed by atoms with Gasteiger partial charge in [-0.05, 0) is 31.0 Å². The Morgan fingerprint density at radius 3 is 3.27 bits per heavy atom. The summed E-state index contributed by atoms with van der Waals surface area (Å²) in [4.78, 5) is 12.1. The lowest BCUT2D eigenvalue weighted by Crippen LogP contribution is -2.29. The molecule has 0 spiro atoms. The summed E-state index contributed by atoms with van der Waals surface area (Å²) < 4.78 is 19.8. The Morgan fingerprint density at radius 2 is 2.45 bits per heavy atom. The first-order chi connectivity index (χ1) is 10.7. The smallest absolute Gasteiger partial charge is 0.230 e. The van der Waals surface area contributed by atoms with Gasteiger partial charge in [0, 0.05) is 5.56 Å². The summed E-state index contributed by atoms with van der Waals surface area (Å²) in [6.07, 6.45) is 1.54. The van der Waals surface area contributed by atoms with Crippen molar-refractivity contribution in [2.75, 3.05) is 12.4 Å². The normalized spacial score (nSPS) is 17.2. The zero-order valence-corrected chi connectivity index (χ0v) is 13.3. The first-order valence-corrected chi connectivity index (χ1v) is 8.69. The zero-order valence-electron chi connectivity index (χ0n) is 11.6. The number of nitrogens with zero attached hydrogens (tertiary/aromatic N) is 2. The van der Waals surface area contributed by atoms with Gasteiger partial charge in [-0.15, -0.1) is 10.2 Å². The van der Waals surface area contributed by atoms with Gasteiger partial charge in [-0.2, -0.15) is 0 Å². The van der Waals surface area contributed by atoms with Gasteiger partial charge in [-0.25, -0.2) is 4.39 Å². The predicted octanol–water partition coefficient (Wildman–Crippen LogP) is 2.80. The number of aromatic nitrogens is 2. The van der Waals surface area contributed by atoms with Crippen LogP contribution in [0.5, 0.6) is 5.75 Å². The minimum atomic E-state index is -0.327. The van der Waals surface area contributed by atoms with Crippen LogP contribution in [-0.4, -0.2) is 28.5 Å². The summed E-state index contributed by atoms with van der Waals surface area (Å²) in [5, 5.41) is 10.6. The number of hydrogen-bond donors (Lipinski definition) is 1. The van der Waals surface area contributed by atoms with Crippen LogP contribution < -0.4 is 10.1 Å². The number of carbonyl (C=O) groups excluding carboxylic acids is 1. The Balaban J connectivity index is 1.66. The average Bonchev–Trinajstić information content (AvgIpc) is 2.95. The van der Waals surface area contributed by atoms with Crippen LogP contribution in [0.25, 0.3) is 0 Å². The first-order valence-electron chi connectivity index (χ1n) is 6.83. The summed E-state index contributed by atoms with van der Waals surface area (Å²) in [6, 6.07) is 4.19. The Bertz CT molecular complexity index is 652. The fourth-order valence-electron chi connectivity index (χ4n) is 2.29. The van der Waals surface area contributed by atoms with Crippen LogP contribution in [-0.2, 0) is 4.79 Å². The van der Waals surface area contributed by atoms with E-state index >= 15 is 0 Å². The van der Waals surface area contributed by atoms with Gasteiger partial charge >= 0.3 is 0 Å². The van der Waals surface area contributed by atoms with E-state index in [4.69, 9.17) is 4.74 Å². The van der Waals surface area contributed by atoms with Crippen molar-refractivity contribution in [3.63, 3.8) is 0 Å². The predicted molar refractivity (Wildman–Crippen MR) is 82.6 cm³/mol. The molecule has 1 aliphatic rings. The summed E-state index contributed by atoms with van der Waals surface area (Å²) >= 11 is 2.74. The second-order valence-electron chi connectivity index (χ2n) is 4.79. The maximum absolute atomic E-state index is 13.5. The summed E-state index contributed by atoms with van der Waals surface area (Å²) in [5.41, 5.74) is 2.33. The van der Waals surface area contributed by atoms with Crippen molar-refractivity contribution in [1.29, 1.82) is 0 Å². The highest BCUT2D eigenvalue weighted by Gasteiger charge is 2.22. The van der Waals surface area contributed by atoms with E-state index in [1.807, 2.05) is 0 Å². The molecule has 0 radical (unpaired) electrons. The van der Waals surface area contributed by atoms with Crippen LogP contribution in [0.15, 0.2) is 28.0 Å². The lowest BCUT2D eigenvalue weighted by Gasteiger charge is -2.18. The minimum absolute atomic E-state index is 0.109. The molecule has 1 aromatic heterocycles. The molecule has 0 bridgehead atoms. The topological polar surface area (TPSA) is 64.1 Å². The standard InChI is InChI=1S/C14H14FN3O2S2/c15-9-3-4-12-10(6-9)11(2-1-5-20-12)17-13(19)7-21-14-18-16-8-22-14/h3-4,6,8,11H,1-2,5,7H2,(H,17,19)/t11-/m1/s1. The van der Waals surface area contributed by atoms with Crippen LogP contribution in [0, 0.1) is 5.82 Å². The molecule has 8 heteroatoms. The molecule has 1 aliphatic heterocycles. The highest BCUT2D eigenvalue weighted by atomic mass is 32.2. The molecule has 116 valence electrons. The van der Waals surface area contributed by atoms with Crippen LogP contribution in [0.4, 0.5) is 4.39 Å². The van der Waals surface area contributed by atoms with E-state index in [0.717, 1.165) is 17.2 Å². The lowest BCUT2D eigenvalue weighted by atomic mass is 10.0. The molecule has 5 nitrogen and oxygen atoms in total. The summed E-state index contributed by atoms with van der Waals surface area (Å²) in [7, 11) is 0. The molecule has 1 amide bonds. The molecule has 2 heterocycles. The molecule has 2 aromatic rings. The highest BCUT2D eigenvalue weighted by Crippen LogP contribution is 2.32. The third-order valence-corrected chi connectivity index (χ3v) is 5.10. The van der Waals surface area contributed by atoms with E-state index < -0.39 is 0 Å². The average molecular weight is 339 g/mol. The second-order valence-corrected chi connectivity index (χ2v) is 6.84. The molecular weight excluding hydrogens is 325 g/mol. The van der Waals surface area contributed by atoms with E-state index in [0.29, 0.717) is 17.9 Å². The lowest BCUT2D eigenvalue weighted by molar-refractivity contribution is -0.119. The number of thioether (sulfide) groups is 1. The number of fused-ring (bicyclic) bond motifs is 1.